The highest BCUT2D eigenvalue weighted by molar-refractivity contribution is 5.83. The lowest BCUT2D eigenvalue weighted by Gasteiger charge is -2.36. The first kappa shape index (κ1) is 31.8. The third-order valence-electron chi connectivity index (χ3n) is 11.3. The van der Waals surface area contributed by atoms with Crippen molar-refractivity contribution in [3.8, 4) is 11.1 Å². The first-order valence-corrected chi connectivity index (χ1v) is 18.4. The van der Waals surface area contributed by atoms with Gasteiger partial charge in [-0.2, -0.15) is 0 Å². The van der Waals surface area contributed by atoms with E-state index < -0.39 is 0 Å². The van der Waals surface area contributed by atoms with Crippen molar-refractivity contribution in [3.63, 3.8) is 0 Å². The number of benzene rings is 6. The van der Waals surface area contributed by atoms with Crippen molar-refractivity contribution >= 4 is 28.3 Å². The monoisotopic (exact) mass is 670 g/mol. The predicted octanol–water partition coefficient (Wildman–Crippen LogP) is 13.1. The molecule has 2 heteroatoms. The normalized spacial score (nSPS) is 20.3. The molecule has 6 aromatic rings. The molecule has 0 aromatic heterocycles. The molecule has 0 bridgehead atoms. The number of allylic oxidation sites excluding steroid dienone is 7. The van der Waals surface area contributed by atoms with Gasteiger partial charge in [0.15, 0.2) is 0 Å². The lowest BCUT2D eigenvalue weighted by molar-refractivity contribution is 0.564. The molecule has 0 fully saturated rings. The molecule has 0 spiro atoms. The van der Waals surface area contributed by atoms with Crippen LogP contribution in [0.25, 0.3) is 16.7 Å². The van der Waals surface area contributed by atoms with Crippen LogP contribution >= 0.6 is 0 Å². The summed E-state index contributed by atoms with van der Waals surface area (Å²) in [7, 11) is 0. The summed E-state index contributed by atoms with van der Waals surface area (Å²) in [6, 6.07) is 59.1. The smallest absolute Gasteiger partial charge is 0.0500 e. The lowest BCUT2D eigenvalue weighted by Crippen LogP contribution is -2.30. The molecule has 0 N–H and O–H groups in total. The van der Waals surface area contributed by atoms with Crippen molar-refractivity contribution in [3.05, 3.63) is 222 Å². The number of rotatable bonds is 7. The highest BCUT2D eigenvalue weighted by Gasteiger charge is 2.46. The van der Waals surface area contributed by atoms with Crippen LogP contribution in [0.1, 0.15) is 43.4 Å². The van der Waals surface area contributed by atoms with Gasteiger partial charge >= 0.3 is 0 Å². The zero-order chi connectivity index (χ0) is 35.1. The van der Waals surface area contributed by atoms with E-state index >= 15 is 0 Å². The minimum atomic E-state index is -0.181. The van der Waals surface area contributed by atoms with Crippen LogP contribution in [0.4, 0.5) is 22.7 Å². The molecule has 2 nitrogen and oxygen atoms in total. The van der Waals surface area contributed by atoms with E-state index in [1.165, 1.54) is 56.2 Å². The van der Waals surface area contributed by atoms with Crippen LogP contribution in [-0.2, 0) is 10.8 Å². The molecule has 0 radical (unpaired) electrons. The van der Waals surface area contributed by atoms with E-state index in [4.69, 9.17) is 0 Å². The van der Waals surface area contributed by atoms with Gasteiger partial charge in [-0.3, -0.25) is 0 Å². The number of anilines is 4. The maximum Gasteiger partial charge on any atom is 0.0500 e. The molecular formula is C50H42N2. The van der Waals surface area contributed by atoms with E-state index in [0.29, 0.717) is 0 Å². The van der Waals surface area contributed by atoms with Crippen LogP contribution in [0, 0.1) is 0 Å². The summed E-state index contributed by atoms with van der Waals surface area (Å²) in [6.45, 7) is 4.82. The van der Waals surface area contributed by atoms with Crippen molar-refractivity contribution in [2.24, 2.45) is 0 Å². The summed E-state index contributed by atoms with van der Waals surface area (Å²) in [5, 5.41) is 0. The van der Waals surface area contributed by atoms with E-state index in [1.807, 2.05) is 0 Å². The highest BCUT2D eigenvalue weighted by atomic mass is 15.2. The maximum atomic E-state index is 2.51. The van der Waals surface area contributed by atoms with Gasteiger partial charge in [0.1, 0.15) is 0 Å². The number of nitrogens with zero attached hydrogens (tertiary/aromatic N) is 2. The Labute approximate surface area is 308 Å². The standard InChI is InChI=1S/C50H42N2/c1-49(32-29-40(30-33-49)39-25-23-38(24-26-39)37-15-7-3-8-16-37)41-27-28-47-46(35-41)50(2)34-31-45(36-48(50)52(47)44-21-13-6-14-22-44)51(42-17-9-4-10-18-42)43-19-11-5-12-20-43/h3-32,35-36H,33-34H2,1-2H3. The van der Waals surface area contributed by atoms with Crippen LogP contribution in [0.3, 0.4) is 0 Å². The summed E-state index contributed by atoms with van der Waals surface area (Å²) in [6.07, 6.45) is 13.9. The Morgan fingerprint density at radius 1 is 0.558 bits per heavy atom. The molecule has 0 amide bonds. The molecule has 52 heavy (non-hydrogen) atoms. The van der Waals surface area contributed by atoms with Gasteiger partial charge in [-0.05, 0) is 102 Å². The van der Waals surface area contributed by atoms with Gasteiger partial charge in [0, 0.05) is 39.3 Å². The predicted molar refractivity (Wildman–Crippen MR) is 219 cm³/mol. The first-order valence-electron chi connectivity index (χ1n) is 18.4. The zero-order valence-corrected chi connectivity index (χ0v) is 29.8. The molecule has 6 aromatic carbocycles. The molecular weight excluding hydrogens is 629 g/mol. The molecule has 1 aliphatic heterocycles. The molecule has 2 aliphatic carbocycles. The fraction of sp³-hybridized carbons (Fsp3) is 0.120. The van der Waals surface area contributed by atoms with Crippen LogP contribution in [-0.4, -0.2) is 0 Å². The number of para-hydroxylation sites is 3. The quantitative estimate of drug-likeness (QED) is 0.167. The molecule has 2 unspecified atom stereocenters. The Balaban J connectivity index is 1.06. The van der Waals surface area contributed by atoms with Gasteiger partial charge in [0.05, 0.1) is 5.69 Å². The van der Waals surface area contributed by atoms with Gasteiger partial charge in [-0.15, -0.1) is 0 Å². The topological polar surface area (TPSA) is 6.48 Å². The highest BCUT2D eigenvalue weighted by Crippen LogP contribution is 2.56. The van der Waals surface area contributed by atoms with Gasteiger partial charge in [-0.1, -0.05) is 153 Å². The van der Waals surface area contributed by atoms with Crippen molar-refractivity contribution < 1.29 is 0 Å². The van der Waals surface area contributed by atoms with Crippen LogP contribution in [0.2, 0.25) is 0 Å². The minimum absolute atomic E-state index is 0.101. The van der Waals surface area contributed by atoms with Gasteiger partial charge in [0.2, 0.25) is 0 Å². The third-order valence-corrected chi connectivity index (χ3v) is 11.3. The van der Waals surface area contributed by atoms with Crippen LogP contribution < -0.4 is 9.80 Å². The minimum Gasteiger partial charge on any atom is -0.313 e. The molecule has 2 atom stereocenters. The molecule has 9 rings (SSSR count). The number of hydrogen-bond acceptors (Lipinski definition) is 2. The fourth-order valence-electron chi connectivity index (χ4n) is 8.25. The maximum absolute atomic E-state index is 2.51. The Kier molecular flexibility index (Phi) is 7.89. The van der Waals surface area contributed by atoms with E-state index in [0.717, 1.165) is 24.2 Å². The summed E-state index contributed by atoms with van der Waals surface area (Å²) < 4.78 is 0. The Hall–Kier alpha value is -6.12. The molecule has 0 saturated carbocycles. The second kappa shape index (κ2) is 12.9. The SMILES string of the molecule is CC1(c2ccc3c(c2)C2(C)CC=C(N(c4ccccc4)c4ccccc4)C=C2N3c2ccccc2)C=CC(c2ccc(-c3ccccc3)cc2)=CC1. The van der Waals surface area contributed by atoms with Crippen LogP contribution in [0.15, 0.2) is 206 Å². The third kappa shape index (κ3) is 5.52. The largest absolute Gasteiger partial charge is 0.313 e. The Morgan fingerprint density at radius 3 is 1.75 bits per heavy atom. The second-order valence-electron chi connectivity index (χ2n) is 14.7. The Morgan fingerprint density at radius 2 is 1.13 bits per heavy atom. The number of fused-ring (bicyclic) bond motifs is 3. The summed E-state index contributed by atoms with van der Waals surface area (Å²) >= 11 is 0. The van der Waals surface area contributed by atoms with E-state index in [1.54, 1.807) is 0 Å². The van der Waals surface area contributed by atoms with Gasteiger partial charge in [-0.25, -0.2) is 0 Å². The lowest BCUT2D eigenvalue weighted by atomic mass is 9.71. The van der Waals surface area contributed by atoms with Crippen molar-refractivity contribution in [1.82, 2.24) is 0 Å². The van der Waals surface area contributed by atoms with E-state index in [9.17, 15) is 0 Å². The molecule has 252 valence electrons. The van der Waals surface area contributed by atoms with Gasteiger partial charge in [0.25, 0.3) is 0 Å². The molecule has 3 aliphatic rings. The van der Waals surface area contributed by atoms with Crippen molar-refractivity contribution in [1.29, 1.82) is 0 Å². The summed E-state index contributed by atoms with van der Waals surface area (Å²) in [5.41, 5.74) is 14.8. The van der Waals surface area contributed by atoms with Crippen molar-refractivity contribution in [2.45, 2.75) is 37.5 Å². The average Bonchev–Trinajstić information content (AvgIpc) is 3.47. The fourth-order valence-corrected chi connectivity index (χ4v) is 8.25. The first-order chi connectivity index (χ1) is 25.5. The van der Waals surface area contributed by atoms with Crippen LogP contribution in [0.5, 0.6) is 0 Å². The summed E-state index contributed by atoms with van der Waals surface area (Å²) in [4.78, 5) is 4.88. The zero-order valence-electron chi connectivity index (χ0n) is 29.8. The van der Waals surface area contributed by atoms with Crippen molar-refractivity contribution in [2.75, 3.05) is 9.80 Å². The Bertz CT molecular complexity index is 2310. The molecule has 0 saturated heterocycles. The van der Waals surface area contributed by atoms with Gasteiger partial charge < -0.3 is 9.80 Å². The second-order valence-corrected chi connectivity index (χ2v) is 14.7. The summed E-state index contributed by atoms with van der Waals surface area (Å²) in [5.74, 6) is 0. The van der Waals surface area contributed by atoms with E-state index in [2.05, 4.69) is 218 Å². The average molecular weight is 671 g/mol. The number of hydrogen-bond donors (Lipinski definition) is 0. The molecule has 1 heterocycles. The van der Waals surface area contributed by atoms with E-state index in [-0.39, 0.29) is 10.8 Å².